The van der Waals surface area contributed by atoms with E-state index in [1.807, 2.05) is 30.3 Å². The molecule has 1 aromatic heterocycles. The van der Waals surface area contributed by atoms with Crippen LogP contribution in [0.15, 0.2) is 85.5 Å². The minimum atomic E-state index is -0.290. The fraction of sp³-hybridized carbons (Fsp3) is 0. The van der Waals surface area contributed by atoms with Crippen LogP contribution >= 0.6 is 11.6 Å². The predicted octanol–water partition coefficient (Wildman–Crippen LogP) is 4.97. The van der Waals surface area contributed by atoms with E-state index in [2.05, 4.69) is 15.4 Å². The van der Waals surface area contributed by atoms with Gasteiger partial charge in [0.1, 0.15) is 24.2 Å². The van der Waals surface area contributed by atoms with E-state index in [-0.39, 0.29) is 5.91 Å². The average molecular weight is 391 g/mol. The van der Waals surface area contributed by atoms with Gasteiger partial charge in [-0.3, -0.25) is 4.79 Å². The molecule has 1 amide bonds. The van der Waals surface area contributed by atoms with E-state index < -0.39 is 0 Å². The number of nitrogens with zero attached hydrogens (tertiary/aromatic N) is 3. The lowest BCUT2D eigenvalue weighted by Gasteiger charge is -2.12. The third kappa shape index (κ3) is 4.02. The zero-order chi connectivity index (χ0) is 19.3. The van der Waals surface area contributed by atoms with Gasteiger partial charge >= 0.3 is 0 Å². The first-order valence-electron chi connectivity index (χ1n) is 8.48. The second-order valence-corrected chi connectivity index (χ2v) is 6.34. The van der Waals surface area contributed by atoms with Crippen LogP contribution in [0, 0.1) is 0 Å². The molecule has 1 N–H and O–H groups in total. The smallest absolute Gasteiger partial charge is 0.255 e. The van der Waals surface area contributed by atoms with E-state index in [9.17, 15) is 4.79 Å². The highest BCUT2D eigenvalue weighted by Crippen LogP contribution is 2.26. The molecule has 0 saturated carbocycles. The number of ether oxygens (including phenoxy) is 1. The van der Waals surface area contributed by atoms with Gasteiger partial charge in [0.15, 0.2) is 0 Å². The van der Waals surface area contributed by atoms with Crippen LogP contribution in [0.4, 0.5) is 5.69 Å². The van der Waals surface area contributed by atoms with Crippen molar-refractivity contribution in [3.63, 3.8) is 0 Å². The molecule has 0 radical (unpaired) electrons. The summed E-state index contributed by atoms with van der Waals surface area (Å²) in [6, 6.07) is 21.5. The second kappa shape index (κ2) is 7.94. The van der Waals surface area contributed by atoms with Gasteiger partial charge < -0.3 is 10.1 Å². The van der Waals surface area contributed by atoms with Gasteiger partial charge in [0, 0.05) is 10.6 Å². The van der Waals surface area contributed by atoms with Crippen LogP contribution in [0.25, 0.3) is 5.69 Å². The van der Waals surface area contributed by atoms with Crippen molar-refractivity contribution in [2.24, 2.45) is 0 Å². The topological polar surface area (TPSA) is 69.0 Å². The highest BCUT2D eigenvalue weighted by molar-refractivity contribution is 6.31. The maximum atomic E-state index is 12.8. The van der Waals surface area contributed by atoms with Crippen molar-refractivity contribution in [2.45, 2.75) is 0 Å². The molecule has 0 atom stereocenters. The summed E-state index contributed by atoms with van der Waals surface area (Å²) >= 11 is 6.11. The lowest BCUT2D eigenvalue weighted by atomic mass is 10.2. The van der Waals surface area contributed by atoms with Gasteiger partial charge in [-0.05, 0) is 48.5 Å². The standard InChI is InChI=1S/C21H15ClN4O2/c22-16-9-10-20(26-14-23-13-24-26)19(12-16)25-21(27)15-5-4-8-18(11-15)28-17-6-2-1-3-7-17/h1-14H,(H,25,27). The molecule has 4 aromatic rings. The number of carbonyl (C=O) groups excluding carboxylic acids is 1. The highest BCUT2D eigenvalue weighted by Gasteiger charge is 2.12. The predicted molar refractivity (Wildman–Crippen MR) is 107 cm³/mol. The third-order valence-electron chi connectivity index (χ3n) is 3.95. The van der Waals surface area contributed by atoms with Crippen molar-refractivity contribution in [1.82, 2.24) is 14.8 Å². The Morgan fingerprint density at radius 2 is 1.79 bits per heavy atom. The third-order valence-corrected chi connectivity index (χ3v) is 4.18. The first kappa shape index (κ1) is 17.8. The summed E-state index contributed by atoms with van der Waals surface area (Å²) in [5, 5.41) is 7.49. The van der Waals surface area contributed by atoms with Crippen molar-refractivity contribution in [2.75, 3.05) is 5.32 Å². The number of hydrogen-bond donors (Lipinski definition) is 1. The van der Waals surface area contributed by atoms with Crippen LogP contribution in [0.1, 0.15) is 10.4 Å². The molecular formula is C21H15ClN4O2. The van der Waals surface area contributed by atoms with Crippen LogP contribution in [0.2, 0.25) is 5.02 Å². The van der Waals surface area contributed by atoms with Gasteiger partial charge in [0.2, 0.25) is 0 Å². The minimum absolute atomic E-state index is 0.290. The van der Waals surface area contributed by atoms with Crippen LogP contribution in [0.5, 0.6) is 11.5 Å². The molecule has 0 bridgehead atoms. The summed E-state index contributed by atoms with van der Waals surface area (Å²) < 4.78 is 7.35. The Bertz CT molecular complexity index is 1100. The van der Waals surface area contributed by atoms with Crippen molar-refractivity contribution < 1.29 is 9.53 Å². The van der Waals surface area contributed by atoms with E-state index in [0.29, 0.717) is 33.5 Å². The monoisotopic (exact) mass is 390 g/mol. The van der Waals surface area contributed by atoms with Crippen LogP contribution in [-0.2, 0) is 0 Å². The van der Waals surface area contributed by atoms with Crippen molar-refractivity contribution in [3.05, 3.63) is 96.0 Å². The Kier molecular flexibility index (Phi) is 5.03. The number of benzene rings is 3. The Labute approximate surface area is 166 Å². The number of carbonyl (C=O) groups is 1. The number of hydrogen-bond acceptors (Lipinski definition) is 4. The molecule has 1 heterocycles. The molecule has 138 valence electrons. The average Bonchev–Trinajstić information content (AvgIpc) is 3.24. The molecule has 7 heteroatoms. The minimum Gasteiger partial charge on any atom is -0.457 e. The van der Waals surface area contributed by atoms with Crippen molar-refractivity contribution >= 4 is 23.2 Å². The first-order chi connectivity index (χ1) is 13.7. The molecule has 0 spiro atoms. The van der Waals surface area contributed by atoms with E-state index >= 15 is 0 Å². The molecule has 4 rings (SSSR count). The lowest BCUT2D eigenvalue weighted by Crippen LogP contribution is -2.14. The Balaban J connectivity index is 1.58. The van der Waals surface area contributed by atoms with E-state index in [4.69, 9.17) is 16.3 Å². The van der Waals surface area contributed by atoms with Gasteiger partial charge in [-0.25, -0.2) is 9.67 Å². The number of aromatic nitrogens is 3. The van der Waals surface area contributed by atoms with Gasteiger partial charge in [0.25, 0.3) is 5.91 Å². The molecule has 6 nitrogen and oxygen atoms in total. The SMILES string of the molecule is O=C(Nc1cc(Cl)ccc1-n1cncn1)c1cccc(Oc2ccccc2)c1. The second-order valence-electron chi connectivity index (χ2n) is 5.90. The molecule has 0 unspecified atom stereocenters. The Morgan fingerprint density at radius 3 is 2.57 bits per heavy atom. The van der Waals surface area contributed by atoms with E-state index in [1.54, 1.807) is 53.5 Å². The van der Waals surface area contributed by atoms with Gasteiger partial charge in [0.05, 0.1) is 11.4 Å². The van der Waals surface area contributed by atoms with Gasteiger partial charge in [-0.15, -0.1) is 0 Å². The number of halogens is 1. The summed E-state index contributed by atoms with van der Waals surface area (Å²) in [5.41, 5.74) is 1.64. The molecule has 0 fully saturated rings. The molecule has 3 aromatic carbocycles. The van der Waals surface area contributed by atoms with Gasteiger partial charge in [-0.1, -0.05) is 35.9 Å². The van der Waals surface area contributed by atoms with Crippen molar-refractivity contribution in [3.8, 4) is 17.2 Å². The largest absolute Gasteiger partial charge is 0.457 e. The maximum Gasteiger partial charge on any atom is 0.255 e. The van der Waals surface area contributed by atoms with E-state index in [1.165, 1.54) is 6.33 Å². The molecule has 0 aliphatic heterocycles. The van der Waals surface area contributed by atoms with Crippen LogP contribution in [-0.4, -0.2) is 20.7 Å². The molecular weight excluding hydrogens is 376 g/mol. The zero-order valence-electron chi connectivity index (χ0n) is 14.6. The first-order valence-corrected chi connectivity index (χ1v) is 8.86. The zero-order valence-corrected chi connectivity index (χ0v) is 15.4. The van der Waals surface area contributed by atoms with E-state index in [0.717, 1.165) is 0 Å². The van der Waals surface area contributed by atoms with Crippen molar-refractivity contribution in [1.29, 1.82) is 0 Å². The number of rotatable bonds is 5. The van der Waals surface area contributed by atoms with Crippen LogP contribution in [0.3, 0.4) is 0 Å². The molecule has 0 saturated heterocycles. The number of amides is 1. The summed E-state index contributed by atoms with van der Waals surface area (Å²) in [6.07, 6.45) is 2.97. The lowest BCUT2D eigenvalue weighted by molar-refractivity contribution is 0.102. The number of nitrogens with one attached hydrogen (secondary N) is 1. The summed E-state index contributed by atoms with van der Waals surface area (Å²) in [6.45, 7) is 0. The number of anilines is 1. The Hall–Kier alpha value is -3.64. The summed E-state index contributed by atoms with van der Waals surface area (Å²) in [5.74, 6) is 0.979. The van der Waals surface area contributed by atoms with Gasteiger partial charge in [-0.2, -0.15) is 5.10 Å². The highest BCUT2D eigenvalue weighted by atomic mass is 35.5. The summed E-state index contributed by atoms with van der Waals surface area (Å²) in [7, 11) is 0. The Morgan fingerprint density at radius 1 is 0.964 bits per heavy atom. The maximum absolute atomic E-state index is 12.8. The molecule has 28 heavy (non-hydrogen) atoms. The molecule has 0 aliphatic carbocycles. The van der Waals surface area contributed by atoms with Crippen LogP contribution < -0.4 is 10.1 Å². The fourth-order valence-corrected chi connectivity index (χ4v) is 2.83. The summed E-state index contributed by atoms with van der Waals surface area (Å²) in [4.78, 5) is 16.7. The fourth-order valence-electron chi connectivity index (χ4n) is 2.66. The molecule has 0 aliphatic rings. The number of para-hydroxylation sites is 1. The normalized spacial score (nSPS) is 10.5. The quantitative estimate of drug-likeness (QED) is 0.522.